The van der Waals surface area contributed by atoms with Gasteiger partial charge in [0.15, 0.2) is 11.3 Å². The van der Waals surface area contributed by atoms with Gasteiger partial charge in [0.2, 0.25) is 5.75 Å². The maximum atomic E-state index is 13.7. The van der Waals surface area contributed by atoms with E-state index < -0.39 is 39.4 Å². The largest absolute Gasteiger partial charge is 0.506 e. The molecule has 0 atom stereocenters. The number of aromatic hydroxyl groups is 1. The second-order valence-corrected chi connectivity index (χ2v) is 6.12. The number of nitro groups is 1. The van der Waals surface area contributed by atoms with Crippen LogP contribution in [0.4, 0.5) is 15.8 Å². The maximum absolute atomic E-state index is 13.7. The van der Waals surface area contributed by atoms with E-state index in [1.54, 1.807) is 19.9 Å². The molecule has 0 aliphatic rings. The molecule has 2 aromatic carbocycles. The van der Waals surface area contributed by atoms with Crippen molar-refractivity contribution in [2.75, 3.05) is 18.6 Å². The van der Waals surface area contributed by atoms with Crippen molar-refractivity contribution in [3.05, 3.63) is 63.0 Å². The van der Waals surface area contributed by atoms with Crippen LogP contribution >= 0.6 is 0 Å². The minimum absolute atomic E-state index is 0.0562. The molecule has 0 fully saturated rings. The van der Waals surface area contributed by atoms with E-state index in [0.717, 1.165) is 30.2 Å². The molecule has 0 aliphatic heterocycles. The Morgan fingerprint density at radius 1 is 1.37 bits per heavy atom. The van der Waals surface area contributed by atoms with E-state index in [1.807, 2.05) is 0 Å². The normalized spacial score (nSPS) is 11.3. The molecule has 0 radical (unpaired) electrons. The van der Waals surface area contributed by atoms with Gasteiger partial charge < -0.3 is 19.8 Å². The van der Waals surface area contributed by atoms with Crippen LogP contribution in [0.15, 0.2) is 35.9 Å². The number of benzene rings is 2. The SMILES string of the molecule is CCN(C(=O)/C(C#N)=C(\O)c1cc(OC)c(O)c([N+](=O)[O-])c1)c1cc(F)ccc1C. The lowest BCUT2D eigenvalue weighted by atomic mass is 10.1. The average molecular weight is 415 g/mol. The molecule has 0 saturated heterocycles. The van der Waals surface area contributed by atoms with Gasteiger partial charge in [0, 0.05) is 23.9 Å². The van der Waals surface area contributed by atoms with Crippen LogP contribution in [0.1, 0.15) is 18.1 Å². The van der Waals surface area contributed by atoms with Gasteiger partial charge >= 0.3 is 5.69 Å². The van der Waals surface area contributed by atoms with E-state index >= 15 is 0 Å². The van der Waals surface area contributed by atoms with Crippen molar-refractivity contribution < 1.29 is 29.1 Å². The number of phenolic OH excluding ortho intramolecular Hbond substituents is 1. The fraction of sp³-hybridized carbons (Fsp3) is 0.200. The Kier molecular flexibility index (Phi) is 6.59. The highest BCUT2D eigenvalue weighted by Crippen LogP contribution is 2.39. The molecular formula is C20H18FN3O6. The highest BCUT2D eigenvalue weighted by molar-refractivity contribution is 6.12. The summed E-state index contributed by atoms with van der Waals surface area (Å²) in [4.78, 5) is 24.3. The summed E-state index contributed by atoms with van der Waals surface area (Å²) in [5.41, 5.74) is -1.02. The molecule has 2 rings (SSSR count). The standard InChI is InChI=1S/C20H18FN3O6/c1-4-23(15-9-13(21)6-5-11(15)2)20(27)14(10-22)18(25)12-7-16(24(28)29)19(26)17(8-12)30-3/h5-9,25-26H,4H2,1-3H3/b18-14-. The number of aliphatic hydroxyl groups excluding tert-OH is 1. The number of hydrogen-bond donors (Lipinski definition) is 2. The molecule has 0 heterocycles. The number of amides is 1. The quantitative estimate of drug-likeness (QED) is 0.242. The molecule has 2 N–H and O–H groups in total. The van der Waals surface area contributed by atoms with Crippen molar-refractivity contribution in [3.8, 4) is 17.6 Å². The lowest BCUT2D eigenvalue weighted by molar-refractivity contribution is -0.386. The fourth-order valence-corrected chi connectivity index (χ4v) is 2.80. The lowest BCUT2D eigenvalue weighted by Crippen LogP contribution is -2.32. The summed E-state index contributed by atoms with van der Waals surface area (Å²) >= 11 is 0. The highest BCUT2D eigenvalue weighted by atomic mass is 19.1. The van der Waals surface area contributed by atoms with Crippen molar-refractivity contribution in [1.29, 1.82) is 5.26 Å². The number of nitro benzene ring substituents is 1. The molecule has 0 bridgehead atoms. The van der Waals surface area contributed by atoms with E-state index in [0.29, 0.717) is 5.56 Å². The van der Waals surface area contributed by atoms with Crippen LogP contribution in [0, 0.1) is 34.2 Å². The molecule has 0 spiro atoms. The zero-order valence-corrected chi connectivity index (χ0v) is 16.3. The van der Waals surface area contributed by atoms with Gasteiger partial charge in [-0.05, 0) is 37.6 Å². The summed E-state index contributed by atoms with van der Waals surface area (Å²) in [6.45, 7) is 3.30. The highest BCUT2D eigenvalue weighted by Gasteiger charge is 2.27. The van der Waals surface area contributed by atoms with Crippen LogP contribution in [0.5, 0.6) is 11.5 Å². The minimum atomic E-state index is -0.930. The topological polar surface area (TPSA) is 137 Å². The van der Waals surface area contributed by atoms with E-state index in [-0.39, 0.29) is 23.5 Å². The Labute approximate surface area is 171 Å². The smallest absolute Gasteiger partial charge is 0.315 e. The number of aliphatic hydroxyl groups is 1. The van der Waals surface area contributed by atoms with Gasteiger partial charge in [0.1, 0.15) is 17.6 Å². The van der Waals surface area contributed by atoms with Crippen molar-refractivity contribution in [3.63, 3.8) is 0 Å². The van der Waals surface area contributed by atoms with E-state index in [2.05, 4.69) is 0 Å². The number of ether oxygens (including phenoxy) is 1. The predicted octanol–water partition coefficient (Wildman–Crippen LogP) is 3.60. The van der Waals surface area contributed by atoms with Gasteiger partial charge in [0.05, 0.1) is 12.0 Å². The predicted molar refractivity (Wildman–Crippen MR) is 106 cm³/mol. The Morgan fingerprint density at radius 2 is 2.03 bits per heavy atom. The number of rotatable bonds is 6. The maximum Gasteiger partial charge on any atom is 0.315 e. The number of carbonyl (C=O) groups is 1. The lowest BCUT2D eigenvalue weighted by Gasteiger charge is -2.23. The summed E-state index contributed by atoms with van der Waals surface area (Å²) in [6, 6.07) is 7.25. The molecule has 0 saturated carbocycles. The number of hydrogen-bond acceptors (Lipinski definition) is 7. The first-order chi connectivity index (χ1) is 14.2. The Bertz CT molecular complexity index is 1090. The number of halogens is 1. The van der Waals surface area contributed by atoms with Crippen molar-refractivity contribution in [2.45, 2.75) is 13.8 Å². The van der Waals surface area contributed by atoms with E-state index in [4.69, 9.17) is 4.74 Å². The van der Waals surface area contributed by atoms with Crippen molar-refractivity contribution >= 4 is 23.0 Å². The summed E-state index contributed by atoms with van der Waals surface area (Å²) in [5, 5.41) is 41.1. The van der Waals surface area contributed by atoms with Crippen LogP contribution in [0.2, 0.25) is 0 Å². The monoisotopic (exact) mass is 415 g/mol. The average Bonchev–Trinajstić information content (AvgIpc) is 2.71. The van der Waals surface area contributed by atoms with Crippen LogP contribution in [0.25, 0.3) is 5.76 Å². The number of aryl methyl sites for hydroxylation is 1. The Balaban J connectivity index is 2.65. The Hall–Kier alpha value is -4.13. The van der Waals surface area contributed by atoms with Gasteiger partial charge in [-0.3, -0.25) is 14.9 Å². The number of phenols is 1. The molecule has 0 unspecified atom stereocenters. The van der Waals surface area contributed by atoms with Crippen molar-refractivity contribution in [1.82, 2.24) is 0 Å². The molecule has 156 valence electrons. The summed E-state index contributed by atoms with van der Waals surface area (Å²) in [7, 11) is 1.14. The van der Waals surface area contributed by atoms with Crippen LogP contribution in [-0.2, 0) is 4.79 Å². The van der Waals surface area contributed by atoms with Gasteiger partial charge in [-0.25, -0.2) is 4.39 Å². The van der Waals surface area contributed by atoms with Gasteiger partial charge in [-0.2, -0.15) is 5.26 Å². The van der Waals surface area contributed by atoms with Gasteiger partial charge in [-0.15, -0.1) is 0 Å². The third-order valence-corrected chi connectivity index (χ3v) is 4.33. The number of carbonyl (C=O) groups excluding carboxylic acids is 1. The summed E-state index contributed by atoms with van der Waals surface area (Å²) in [5.74, 6) is -3.47. The fourth-order valence-electron chi connectivity index (χ4n) is 2.80. The van der Waals surface area contributed by atoms with E-state index in [9.17, 15) is 34.8 Å². The number of nitrogens with zero attached hydrogens (tertiary/aromatic N) is 3. The molecular weight excluding hydrogens is 397 g/mol. The first kappa shape index (κ1) is 22.2. The molecule has 9 nitrogen and oxygen atoms in total. The first-order valence-corrected chi connectivity index (χ1v) is 8.63. The number of methoxy groups -OCH3 is 1. The molecule has 10 heteroatoms. The second kappa shape index (κ2) is 8.91. The third-order valence-electron chi connectivity index (χ3n) is 4.33. The third kappa shape index (κ3) is 4.15. The van der Waals surface area contributed by atoms with Crippen LogP contribution < -0.4 is 9.64 Å². The number of likely N-dealkylation sites (N-methyl/N-ethyl adjacent to an activating group) is 1. The van der Waals surface area contributed by atoms with Gasteiger partial charge in [-0.1, -0.05) is 6.07 Å². The van der Waals surface area contributed by atoms with Crippen LogP contribution in [-0.4, -0.2) is 34.7 Å². The second-order valence-electron chi connectivity index (χ2n) is 6.12. The zero-order valence-electron chi connectivity index (χ0n) is 16.3. The summed E-state index contributed by atoms with van der Waals surface area (Å²) < 4.78 is 18.5. The molecule has 30 heavy (non-hydrogen) atoms. The molecule has 0 aliphatic carbocycles. The Morgan fingerprint density at radius 3 is 2.57 bits per heavy atom. The van der Waals surface area contributed by atoms with Gasteiger partial charge in [0.25, 0.3) is 5.91 Å². The first-order valence-electron chi connectivity index (χ1n) is 8.63. The number of nitriles is 1. The molecule has 1 amide bonds. The van der Waals surface area contributed by atoms with Crippen LogP contribution in [0.3, 0.4) is 0 Å². The molecule has 0 aromatic heterocycles. The zero-order chi connectivity index (χ0) is 22.6. The number of anilines is 1. The minimum Gasteiger partial charge on any atom is -0.506 e. The van der Waals surface area contributed by atoms with Crippen molar-refractivity contribution in [2.24, 2.45) is 0 Å². The summed E-state index contributed by atoms with van der Waals surface area (Å²) in [6.07, 6.45) is 0. The van der Waals surface area contributed by atoms with E-state index in [1.165, 1.54) is 12.1 Å². The molecule has 2 aromatic rings.